The molecule has 5 nitrogen and oxygen atoms in total. The zero-order valence-electron chi connectivity index (χ0n) is 18.0. The molecule has 1 N–H and O–H groups in total. The van der Waals surface area contributed by atoms with Crippen LogP contribution in [0.3, 0.4) is 0 Å². The molecule has 1 amide bonds. The van der Waals surface area contributed by atoms with Gasteiger partial charge in [-0.3, -0.25) is 14.8 Å². The van der Waals surface area contributed by atoms with Gasteiger partial charge in [0.25, 0.3) is 5.91 Å². The van der Waals surface area contributed by atoms with Crippen LogP contribution in [-0.2, 0) is 12.8 Å². The number of rotatable bonds is 2. The van der Waals surface area contributed by atoms with Crippen LogP contribution >= 0.6 is 11.6 Å². The molecule has 2 aromatic heterocycles. The van der Waals surface area contributed by atoms with Gasteiger partial charge in [-0.15, -0.1) is 0 Å². The second-order valence-corrected chi connectivity index (χ2v) is 9.18. The third-order valence-corrected chi connectivity index (χ3v) is 7.12. The third-order valence-electron chi connectivity index (χ3n) is 6.69. The maximum Gasteiger partial charge on any atom is 0.254 e. The molecule has 1 aliphatic heterocycles. The van der Waals surface area contributed by atoms with Gasteiger partial charge in [-0.25, -0.2) is 0 Å². The maximum atomic E-state index is 13.1. The Morgan fingerprint density at radius 1 is 1.26 bits per heavy atom. The summed E-state index contributed by atoms with van der Waals surface area (Å²) in [4.78, 5) is 24.4. The minimum Gasteiger partial charge on any atom is -0.333 e. The van der Waals surface area contributed by atoms with Crippen molar-refractivity contribution in [2.45, 2.75) is 45.1 Å². The van der Waals surface area contributed by atoms with Crippen LogP contribution in [0.5, 0.6) is 0 Å². The first-order valence-electron chi connectivity index (χ1n) is 11.1. The molecule has 1 unspecified atom stereocenters. The van der Waals surface area contributed by atoms with E-state index in [1.165, 1.54) is 5.56 Å². The van der Waals surface area contributed by atoms with Crippen LogP contribution in [0.15, 0.2) is 36.5 Å². The number of fused-ring (bicyclic) bond motifs is 2. The van der Waals surface area contributed by atoms with Crippen LogP contribution in [-0.4, -0.2) is 46.5 Å². The number of amides is 1. The van der Waals surface area contributed by atoms with Crippen molar-refractivity contribution in [3.8, 4) is 0 Å². The highest BCUT2D eigenvalue weighted by atomic mass is 35.5. The summed E-state index contributed by atoms with van der Waals surface area (Å²) in [7, 11) is 0. The number of piperazine rings is 1. The van der Waals surface area contributed by atoms with E-state index in [1.54, 1.807) is 0 Å². The van der Waals surface area contributed by atoms with Gasteiger partial charge in [0.05, 0.1) is 10.5 Å². The molecule has 2 aliphatic rings. The van der Waals surface area contributed by atoms with E-state index in [0.29, 0.717) is 11.5 Å². The number of aromatic nitrogens is 2. The molecule has 1 saturated heterocycles. The second-order valence-electron chi connectivity index (χ2n) is 8.80. The van der Waals surface area contributed by atoms with Crippen LogP contribution in [0, 0.1) is 6.92 Å². The fourth-order valence-electron chi connectivity index (χ4n) is 4.94. The molecule has 0 radical (unpaired) electrons. The summed E-state index contributed by atoms with van der Waals surface area (Å²) in [5.74, 6) is 0.485. The minimum atomic E-state index is 0.0664. The van der Waals surface area contributed by atoms with Gasteiger partial charge < -0.3 is 10.2 Å². The first-order chi connectivity index (χ1) is 15.0. The van der Waals surface area contributed by atoms with E-state index in [4.69, 9.17) is 16.6 Å². The van der Waals surface area contributed by atoms with E-state index < -0.39 is 0 Å². The fourth-order valence-corrected chi connectivity index (χ4v) is 5.30. The molecule has 2 atom stereocenters. The summed E-state index contributed by atoms with van der Waals surface area (Å²) in [6.45, 7) is 6.49. The van der Waals surface area contributed by atoms with E-state index in [9.17, 15) is 4.79 Å². The van der Waals surface area contributed by atoms with Crippen LogP contribution in [0.4, 0.5) is 0 Å². The number of nitrogens with zero attached hydrogens (tertiary/aromatic N) is 3. The highest BCUT2D eigenvalue weighted by Crippen LogP contribution is 2.38. The summed E-state index contributed by atoms with van der Waals surface area (Å²) < 4.78 is 0. The Morgan fingerprint density at radius 3 is 2.94 bits per heavy atom. The topological polar surface area (TPSA) is 58.1 Å². The summed E-state index contributed by atoms with van der Waals surface area (Å²) in [6, 6.07) is 10.2. The maximum absolute atomic E-state index is 13.1. The van der Waals surface area contributed by atoms with Crippen molar-refractivity contribution in [2.75, 3.05) is 19.6 Å². The summed E-state index contributed by atoms with van der Waals surface area (Å²) >= 11 is 6.83. The number of aryl methyl sites for hydroxylation is 1. The number of carbonyl (C=O) groups is 1. The van der Waals surface area contributed by atoms with E-state index >= 15 is 0 Å². The zero-order valence-corrected chi connectivity index (χ0v) is 18.7. The van der Waals surface area contributed by atoms with Gasteiger partial charge in [0.1, 0.15) is 0 Å². The monoisotopic (exact) mass is 434 g/mol. The molecule has 5 rings (SSSR count). The van der Waals surface area contributed by atoms with E-state index in [1.807, 2.05) is 36.2 Å². The van der Waals surface area contributed by atoms with Crippen molar-refractivity contribution < 1.29 is 4.79 Å². The van der Waals surface area contributed by atoms with E-state index in [-0.39, 0.29) is 11.9 Å². The molecule has 1 aliphatic carbocycles. The second kappa shape index (κ2) is 8.21. The van der Waals surface area contributed by atoms with Crippen LogP contribution in [0.25, 0.3) is 10.9 Å². The molecule has 1 fully saturated rings. The molecular formula is C25H27ClN4O. The Bertz CT molecular complexity index is 1160. The van der Waals surface area contributed by atoms with Crippen molar-refractivity contribution in [1.82, 2.24) is 20.2 Å². The summed E-state index contributed by atoms with van der Waals surface area (Å²) in [5, 5.41) is 5.06. The van der Waals surface area contributed by atoms with Gasteiger partial charge in [0, 0.05) is 54.2 Å². The fraction of sp³-hybridized carbons (Fsp3) is 0.400. The van der Waals surface area contributed by atoms with Crippen LogP contribution in [0.1, 0.15) is 52.1 Å². The highest BCUT2D eigenvalue weighted by Gasteiger charge is 2.27. The number of benzene rings is 1. The Morgan fingerprint density at radius 2 is 2.13 bits per heavy atom. The highest BCUT2D eigenvalue weighted by molar-refractivity contribution is 6.36. The predicted octanol–water partition coefficient (Wildman–Crippen LogP) is 4.30. The average Bonchev–Trinajstić information content (AvgIpc) is 2.78. The number of hydrogen-bond acceptors (Lipinski definition) is 4. The van der Waals surface area contributed by atoms with Gasteiger partial charge in [-0.2, -0.15) is 0 Å². The average molecular weight is 435 g/mol. The smallest absolute Gasteiger partial charge is 0.254 e. The van der Waals surface area contributed by atoms with Crippen molar-refractivity contribution in [3.05, 3.63) is 69.6 Å². The molecule has 0 spiro atoms. The number of carbonyl (C=O) groups excluding carboxylic acids is 1. The molecule has 3 heterocycles. The molecule has 0 saturated carbocycles. The summed E-state index contributed by atoms with van der Waals surface area (Å²) in [6.07, 6.45) is 4.72. The number of pyridine rings is 2. The molecule has 1 aromatic carbocycles. The zero-order chi connectivity index (χ0) is 21.5. The van der Waals surface area contributed by atoms with E-state index in [2.05, 4.69) is 29.4 Å². The predicted molar refractivity (Wildman–Crippen MR) is 124 cm³/mol. The van der Waals surface area contributed by atoms with Crippen molar-refractivity contribution >= 4 is 28.4 Å². The van der Waals surface area contributed by atoms with Crippen molar-refractivity contribution in [1.29, 1.82) is 0 Å². The van der Waals surface area contributed by atoms with Gasteiger partial charge in [-0.1, -0.05) is 17.7 Å². The lowest BCUT2D eigenvalue weighted by molar-refractivity contribution is 0.0656. The lowest BCUT2D eigenvalue weighted by atomic mass is 9.82. The van der Waals surface area contributed by atoms with Crippen molar-refractivity contribution in [2.24, 2.45) is 0 Å². The van der Waals surface area contributed by atoms with Gasteiger partial charge in [0.15, 0.2) is 0 Å². The van der Waals surface area contributed by atoms with Gasteiger partial charge >= 0.3 is 0 Å². The van der Waals surface area contributed by atoms with Crippen molar-refractivity contribution in [3.63, 3.8) is 0 Å². The van der Waals surface area contributed by atoms with Gasteiger partial charge in [0.2, 0.25) is 0 Å². The summed E-state index contributed by atoms with van der Waals surface area (Å²) in [5.41, 5.74) is 6.06. The number of halogens is 1. The van der Waals surface area contributed by atoms with E-state index in [0.717, 1.165) is 71.8 Å². The lowest BCUT2D eigenvalue weighted by Gasteiger charge is -2.34. The Hall–Kier alpha value is -2.50. The van der Waals surface area contributed by atoms with Crippen LogP contribution < -0.4 is 5.32 Å². The van der Waals surface area contributed by atoms with Gasteiger partial charge in [-0.05, 0) is 74.4 Å². The third kappa shape index (κ3) is 3.81. The molecule has 31 heavy (non-hydrogen) atoms. The Labute approximate surface area is 187 Å². The quantitative estimate of drug-likeness (QED) is 0.653. The Kier molecular flexibility index (Phi) is 5.40. The molecular weight excluding hydrogens is 408 g/mol. The first-order valence-corrected chi connectivity index (χ1v) is 11.4. The first kappa shape index (κ1) is 20.4. The molecule has 6 heteroatoms. The van der Waals surface area contributed by atoms with Crippen LogP contribution in [0.2, 0.25) is 5.02 Å². The minimum absolute atomic E-state index is 0.0664. The SMILES string of the molecule is Cc1cc(C2CCc3c(nc4cc(C(=O)N5CCNC[C@H]5C)ccc4c3Cl)C2)ccn1. The number of hydrogen-bond donors (Lipinski definition) is 1. The molecule has 3 aromatic rings. The molecule has 0 bridgehead atoms. The normalized spacial score (nSPS) is 21.2. The standard InChI is InChI=1S/C25H27ClN4O/c1-15-11-18(7-8-28-15)17-3-5-20-22(12-17)29-23-13-19(4-6-21(23)24(20)26)25(31)30-10-9-27-14-16(30)2/h4,6-8,11,13,16-17,27H,3,5,9-10,12,14H2,1-2H3/t16-,17?/m1/s1. The number of nitrogens with one attached hydrogen (secondary N) is 1. The largest absolute Gasteiger partial charge is 0.333 e. The molecule has 160 valence electrons. The lowest BCUT2D eigenvalue weighted by Crippen LogP contribution is -2.52. The Balaban J connectivity index is 1.49.